The Morgan fingerprint density at radius 2 is 1.83 bits per heavy atom. The van der Waals surface area contributed by atoms with Crippen molar-refractivity contribution in [3.63, 3.8) is 0 Å². The summed E-state index contributed by atoms with van der Waals surface area (Å²) in [6.07, 6.45) is 2.23. The van der Waals surface area contributed by atoms with Gasteiger partial charge in [0.25, 0.3) is 0 Å². The number of halogens is 3. The normalized spacial score (nSPS) is 14.3. The zero-order valence-corrected chi connectivity index (χ0v) is 24.1. The van der Waals surface area contributed by atoms with Crippen LogP contribution in [0, 0.1) is 0 Å². The molecule has 1 unspecified atom stereocenters. The third-order valence-electron chi connectivity index (χ3n) is 5.66. The first-order valence-corrected chi connectivity index (χ1v) is 12.3. The van der Waals surface area contributed by atoms with Gasteiger partial charge >= 0.3 is 29.6 Å². The van der Waals surface area contributed by atoms with Gasteiger partial charge < -0.3 is 19.4 Å². The van der Waals surface area contributed by atoms with Gasteiger partial charge in [0.05, 0.1) is 11.6 Å². The average Bonchev–Trinajstić information content (AvgIpc) is 2.81. The number of aliphatic carboxylic acids is 1. The number of Topliss-reactive ketones (excluding diaryl/α,β-unsaturated/α-hetero) is 1. The number of carbonyl (C=O) groups excluding carboxylic acids is 2. The number of ether oxygens (including phenoxy) is 2. The van der Waals surface area contributed by atoms with Crippen LogP contribution in [0.5, 0.6) is 17.2 Å². The Balaban J connectivity index is 0.00000342. The third-order valence-corrected chi connectivity index (χ3v) is 6.93. The van der Waals surface area contributed by atoms with Crippen molar-refractivity contribution < 1.29 is 53.7 Å². The molecule has 4 rings (SSSR count). The van der Waals surface area contributed by atoms with Gasteiger partial charge in [-0.25, -0.2) is 0 Å². The molecule has 35 heavy (non-hydrogen) atoms. The summed E-state index contributed by atoms with van der Waals surface area (Å²) in [5, 5.41) is 12.3. The van der Waals surface area contributed by atoms with Gasteiger partial charge in [-0.3, -0.25) is 4.79 Å². The van der Waals surface area contributed by atoms with E-state index in [0.717, 1.165) is 22.9 Å². The fraction of sp³-hybridized carbons (Fsp3) is 0.231. The Hall–Kier alpha value is -1.54. The van der Waals surface area contributed by atoms with E-state index in [2.05, 4.69) is 15.9 Å². The number of hydrogen-bond acceptors (Lipinski definition) is 5. The molecule has 176 valence electrons. The second kappa shape index (κ2) is 12.6. The number of benzene rings is 3. The van der Waals surface area contributed by atoms with Crippen LogP contribution in [-0.2, 0) is 11.2 Å². The van der Waals surface area contributed by atoms with Crippen molar-refractivity contribution in [2.75, 3.05) is 6.61 Å². The number of fused-ring (bicyclic) bond motifs is 1. The summed E-state index contributed by atoms with van der Waals surface area (Å²) in [7, 11) is 0. The first-order valence-electron chi connectivity index (χ1n) is 10.7. The van der Waals surface area contributed by atoms with E-state index in [0.29, 0.717) is 46.2 Å². The molecule has 3 aromatic carbocycles. The van der Waals surface area contributed by atoms with E-state index in [1.807, 2.05) is 18.2 Å². The van der Waals surface area contributed by atoms with Gasteiger partial charge in [0.15, 0.2) is 5.78 Å². The van der Waals surface area contributed by atoms with E-state index in [9.17, 15) is 14.7 Å². The molecule has 1 aliphatic heterocycles. The fourth-order valence-electron chi connectivity index (χ4n) is 3.86. The molecule has 0 fully saturated rings. The van der Waals surface area contributed by atoms with Crippen molar-refractivity contribution in [2.45, 2.75) is 31.6 Å². The number of rotatable bonds is 8. The molecule has 3 aromatic rings. The van der Waals surface area contributed by atoms with Crippen LogP contribution in [0.2, 0.25) is 10.0 Å². The monoisotopic (exact) mass is 584 g/mol. The van der Waals surface area contributed by atoms with Crippen molar-refractivity contribution >= 4 is 50.9 Å². The Bertz CT molecular complexity index is 1230. The van der Waals surface area contributed by atoms with Gasteiger partial charge in [-0.15, -0.1) is 0 Å². The standard InChI is InChI=1S/C26H21BrCl2O5.Na/c27-21-12-17(28)7-4-15(21)2-1-3-23(30)16-5-8-18(9-6-16)34-25-14-24-20(13-22(25)29)19(26(31)32)10-11-33-24;/h4-9,12-14,19H,1-3,10-11H2,(H,31,32);/q;+1/p-1. The predicted molar refractivity (Wildman–Crippen MR) is 132 cm³/mol. The van der Waals surface area contributed by atoms with Crippen molar-refractivity contribution in [3.8, 4) is 17.2 Å². The van der Waals surface area contributed by atoms with Crippen LogP contribution in [0.3, 0.4) is 0 Å². The number of aryl methyl sites for hydroxylation is 1. The van der Waals surface area contributed by atoms with Gasteiger partial charge in [0.2, 0.25) is 0 Å². The van der Waals surface area contributed by atoms with E-state index >= 15 is 0 Å². The maximum absolute atomic E-state index is 12.6. The Morgan fingerprint density at radius 1 is 1.09 bits per heavy atom. The molecule has 0 aromatic heterocycles. The number of carbonyl (C=O) groups is 2. The van der Waals surface area contributed by atoms with Crippen molar-refractivity contribution in [3.05, 3.63) is 85.8 Å². The topological polar surface area (TPSA) is 75.7 Å². The van der Waals surface area contributed by atoms with Crippen molar-refractivity contribution in [1.29, 1.82) is 0 Å². The second-order valence-corrected chi connectivity index (χ2v) is 9.67. The van der Waals surface area contributed by atoms with Crippen molar-refractivity contribution in [2.24, 2.45) is 0 Å². The molecular weight excluding hydrogens is 566 g/mol. The molecule has 0 bridgehead atoms. The maximum atomic E-state index is 12.6. The summed E-state index contributed by atoms with van der Waals surface area (Å²) in [5.41, 5.74) is 2.19. The minimum atomic E-state index is -1.16. The largest absolute Gasteiger partial charge is 1.00 e. The molecule has 1 aliphatic rings. The Labute approximate surface area is 244 Å². The molecule has 0 N–H and O–H groups in total. The SMILES string of the molecule is O=C(CCCc1ccc(Cl)cc1Br)c1ccc(Oc2cc3c(cc2Cl)C(C(=O)[O-])CCO3)cc1.[Na+]. The number of carboxylic acids is 1. The molecule has 1 atom stereocenters. The molecule has 0 radical (unpaired) electrons. The zero-order chi connectivity index (χ0) is 24.2. The predicted octanol–water partition coefficient (Wildman–Crippen LogP) is 3.37. The van der Waals surface area contributed by atoms with Crippen molar-refractivity contribution in [1.82, 2.24) is 0 Å². The van der Waals surface area contributed by atoms with E-state index in [4.69, 9.17) is 32.7 Å². The molecule has 0 amide bonds. The first-order chi connectivity index (χ1) is 16.3. The summed E-state index contributed by atoms with van der Waals surface area (Å²) in [6, 6.07) is 15.6. The summed E-state index contributed by atoms with van der Waals surface area (Å²) in [5.74, 6) is -0.622. The van der Waals surface area contributed by atoms with E-state index in [1.165, 1.54) is 0 Å². The zero-order valence-electron chi connectivity index (χ0n) is 19.0. The van der Waals surface area contributed by atoms with Crippen LogP contribution in [0.25, 0.3) is 0 Å². The van der Waals surface area contributed by atoms with Crippen LogP contribution in [-0.4, -0.2) is 18.4 Å². The number of ketones is 1. The molecule has 0 spiro atoms. The summed E-state index contributed by atoms with van der Waals surface area (Å²) < 4.78 is 12.4. The Morgan fingerprint density at radius 3 is 2.51 bits per heavy atom. The van der Waals surface area contributed by atoms with E-state index < -0.39 is 11.9 Å². The Kier molecular flexibility index (Phi) is 10.1. The maximum Gasteiger partial charge on any atom is 1.00 e. The molecule has 0 saturated carbocycles. The number of carboxylic acid groups (broad SMARTS) is 1. The smallest absolute Gasteiger partial charge is 0.549 e. The third kappa shape index (κ3) is 7.03. The minimum Gasteiger partial charge on any atom is -0.549 e. The summed E-state index contributed by atoms with van der Waals surface area (Å²) >= 11 is 15.8. The first kappa shape index (κ1) is 28.0. The van der Waals surface area contributed by atoms with Crippen LogP contribution in [0.15, 0.2) is 59.1 Å². The van der Waals surface area contributed by atoms with Gasteiger partial charge in [0, 0.05) is 45.0 Å². The average molecular weight is 586 g/mol. The molecule has 9 heteroatoms. The van der Waals surface area contributed by atoms with Crippen LogP contribution >= 0.6 is 39.1 Å². The summed E-state index contributed by atoms with van der Waals surface area (Å²) in [4.78, 5) is 24.0. The van der Waals surface area contributed by atoms with Gasteiger partial charge in [-0.2, -0.15) is 0 Å². The van der Waals surface area contributed by atoms with Crippen LogP contribution < -0.4 is 44.1 Å². The second-order valence-electron chi connectivity index (χ2n) is 7.97. The van der Waals surface area contributed by atoms with Gasteiger partial charge in [0.1, 0.15) is 17.2 Å². The molecule has 0 saturated heterocycles. The summed E-state index contributed by atoms with van der Waals surface area (Å²) in [6.45, 7) is 0.276. The molecule has 0 aliphatic carbocycles. The molecule has 5 nitrogen and oxygen atoms in total. The molecular formula is C26H20BrCl2NaO5. The number of hydrogen-bond donors (Lipinski definition) is 0. The van der Waals surface area contributed by atoms with Gasteiger partial charge in [-0.1, -0.05) is 45.2 Å². The van der Waals surface area contributed by atoms with Gasteiger partial charge in [-0.05, 0) is 67.3 Å². The molecule has 1 heterocycles. The van der Waals surface area contributed by atoms with Crippen LogP contribution in [0.4, 0.5) is 0 Å². The minimum absolute atomic E-state index is 0. The fourth-order valence-corrected chi connectivity index (χ4v) is 4.95. The van der Waals surface area contributed by atoms with E-state index in [1.54, 1.807) is 36.4 Å². The van der Waals surface area contributed by atoms with Crippen LogP contribution in [0.1, 0.15) is 46.7 Å². The van der Waals surface area contributed by atoms with E-state index in [-0.39, 0.29) is 47.0 Å². The quantitative estimate of drug-likeness (QED) is 0.299.